The molecule has 0 saturated carbocycles. The number of halogens is 2. The first-order chi connectivity index (χ1) is 9.49. The van der Waals surface area contributed by atoms with Crippen molar-refractivity contribution in [1.29, 1.82) is 0 Å². The van der Waals surface area contributed by atoms with E-state index >= 15 is 0 Å². The third-order valence-corrected chi connectivity index (χ3v) is 3.29. The Bertz CT molecular complexity index is 664. The number of anilines is 2. The second-order valence-electron chi connectivity index (χ2n) is 3.78. The van der Waals surface area contributed by atoms with Crippen LogP contribution in [-0.2, 0) is 0 Å². The first-order valence-electron chi connectivity index (χ1n) is 5.41. The highest BCUT2D eigenvalue weighted by atomic mass is 79.9. The maximum absolute atomic E-state index is 11.0. The summed E-state index contributed by atoms with van der Waals surface area (Å²) in [6.07, 6.45) is 1.49. The number of nitro groups is 1. The van der Waals surface area contributed by atoms with Crippen LogP contribution in [0.1, 0.15) is 0 Å². The lowest BCUT2D eigenvalue weighted by Gasteiger charge is -2.09. The molecule has 0 atom stereocenters. The highest BCUT2D eigenvalue weighted by Gasteiger charge is 2.16. The summed E-state index contributed by atoms with van der Waals surface area (Å²) in [6.45, 7) is 0. The Morgan fingerprint density at radius 3 is 2.65 bits per heavy atom. The Kier molecular flexibility index (Phi) is 4.56. The zero-order valence-electron chi connectivity index (χ0n) is 10.3. The lowest BCUT2D eigenvalue weighted by atomic mass is 10.3. The number of nitrogens with zero attached hydrogens (tertiary/aromatic N) is 2. The van der Waals surface area contributed by atoms with E-state index in [1.165, 1.54) is 12.3 Å². The predicted molar refractivity (Wildman–Crippen MR) is 82.6 cm³/mol. The predicted octanol–water partition coefficient (Wildman–Crippen LogP) is 4.27. The van der Waals surface area contributed by atoms with Gasteiger partial charge in [0, 0.05) is 33.0 Å². The molecule has 0 saturated heterocycles. The molecule has 1 aromatic carbocycles. The molecule has 0 bridgehead atoms. The molecule has 0 aliphatic rings. The maximum atomic E-state index is 11.0. The Labute approximate surface area is 131 Å². The molecule has 0 radical (unpaired) electrons. The van der Waals surface area contributed by atoms with Gasteiger partial charge >= 0.3 is 5.69 Å². The number of pyridine rings is 1. The molecule has 0 fully saturated rings. The fourth-order valence-corrected chi connectivity index (χ4v) is 2.34. The molecule has 104 valence electrons. The molecule has 0 spiro atoms. The Hall–Kier alpha value is -1.67. The van der Waals surface area contributed by atoms with E-state index in [1.807, 2.05) is 0 Å². The Balaban J connectivity index is 2.39. The molecular formula is C12H9Br2N3O3. The van der Waals surface area contributed by atoms with Gasteiger partial charge in [0.05, 0.1) is 12.0 Å². The zero-order valence-corrected chi connectivity index (χ0v) is 13.4. The van der Waals surface area contributed by atoms with E-state index in [0.29, 0.717) is 15.9 Å². The molecule has 20 heavy (non-hydrogen) atoms. The van der Waals surface area contributed by atoms with Crippen molar-refractivity contribution < 1.29 is 9.66 Å². The Morgan fingerprint density at radius 1 is 1.25 bits per heavy atom. The number of nitrogens with one attached hydrogen (secondary N) is 1. The molecule has 1 N–H and O–H groups in total. The van der Waals surface area contributed by atoms with Crippen molar-refractivity contribution in [2.45, 2.75) is 0 Å². The SMILES string of the molecule is COc1cc(Br)cc(Nc2ncc(Br)cc2[N+](=O)[O-])c1. The molecule has 0 aliphatic carbocycles. The zero-order chi connectivity index (χ0) is 14.7. The second kappa shape index (κ2) is 6.19. The van der Waals surface area contributed by atoms with Gasteiger partial charge in [-0.2, -0.15) is 0 Å². The fourth-order valence-electron chi connectivity index (χ4n) is 1.55. The summed E-state index contributed by atoms with van der Waals surface area (Å²) in [5, 5.41) is 13.9. The van der Waals surface area contributed by atoms with E-state index in [-0.39, 0.29) is 11.5 Å². The minimum absolute atomic E-state index is 0.113. The van der Waals surface area contributed by atoms with Crippen LogP contribution < -0.4 is 10.1 Å². The molecule has 2 rings (SSSR count). The second-order valence-corrected chi connectivity index (χ2v) is 5.61. The third-order valence-electron chi connectivity index (χ3n) is 2.40. The van der Waals surface area contributed by atoms with Crippen molar-refractivity contribution in [2.75, 3.05) is 12.4 Å². The van der Waals surface area contributed by atoms with Crippen molar-refractivity contribution in [2.24, 2.45) is 0 Å². The average molecular weight is 403 g/mol. The number of rotatable bonds is 4. The van der Waals surface area contributed by atoms with Crippen LogP contribution in [0.4, 0.5) is 17.2 Å². The van der Waals surface area contributed by atoms with E-state index < -0.39 is 4.92 Å². The summed E-state index contributed by atoms with van der Waals surface area (Å²) < 4.78 is 6.47. The summed E-state index contributed by atoms with van der Waals surface area (Å²) in [6, 6.07) is 6.67. The van der Waals surface area contributed by atoms with Crippen LogP contribution in [0.5, 0.6) is 5.75 Å². The molecule has 0 unspecified atom stereocenters. The highest BCUT2D eigenvalue weighted by molar-refractivity contribution is 9.10. The molecule has 0 aliphatic heterocycles. The number of benzene rings is 1. The summed E-state index contributed by atoms with van der Waals surface area (Å²) in [5.41, 5.74) is 0.521. The van der Waals surface area contributed by atoms with Gasteiger partial charge in [0.2, 0.25) is 5.82 Å². The number of hydrogen-bond donors (Lipinski definition) is 1. The maximum Gasteiger partial charge on any atom is 0.312 e. The first kappa shape index (κ1) is 14.7. The summed E-state index contributed by atoms with van der Waals surface area (Å²) in [7, 11) is 1.55. The van der Waals surface area contributed by atoms with Gasteiger partial charge in [-0.15, -0.1) is 0 Å². The largest absolute Gasteiger partial charge is 0.497 e. The van der Waals surface area contributed by atoms with E-state index in [0.717, 1.165) is 4.47 Å². The van der Waals surface area contributed by atoms with Gasteiger partial charge in [-0.25, -0.2) is 4.98 Å². The summed E-state index contributed by atoms with van der Waals surface area (Å²) in [4.78, 5) is 14.6. The number of hydrogen-bond acceptors (Lipinski definition) is 5. The minimum Gasteiger partial charge on any atom is -0.497 e. The molecule has 1 aromatic heterocycles. The quantitative estimate of drug-likeness (QED) is 0.610. The van der Waals surface area contributed by atoms with Crippen LogP contribution in [0.15, 0.2) is 39.4 Å². The smallest absolute Gasteiger partial charge is 0.312 e. The van der Waals surface area contributed by atoms with Gasteiger partial charge in [0.15, 0.2) is 0 Å². The average Bonchev–Trinajstić information content (AvgIpc) is 2.40. The van der Waals surface area contributed by atoms with Gasteiger partial charge in [0.1, 0.15) is 5.75 Å². The van der Waals surface area contributed by atoms with Gasteiger partial charge in [-0.05, 0) is 28.1 Å². The van der Waals surface area contributed by atoms with Crippen LogP contribution in [0, 0.1) is 10.1 Å². The van der Waals surface area contributed by atoms with Gasteiger partial charge < -0.3 is 10.1 Å². The normalized spacial score (nSPS) is 10.2. The number of methoxy groups -OCH3 is 1. The van der Waals surface area contributed by atoms with Crippen molar-refractivity contribution in [1.82, 2.24) is 4.98 Å². The van der Waals surface area contributed by atoms with Crippen molar-refractivity contribution in [3.05, 3.63) is 49.5 Å². The van der Waals surface area contributed by atoms with Crippen LogP contribution in [0.2, 0.25) is 0 Å². The van der Waals surface area contributed by atoms with Gasteiger partial charge in [0.25, 0.3) is 0 Å². The van der Waals surface area contributed by atoms with Gasteiger partial charge in [-0.3, -0.25) is 10.1 Å². The fraction of sp³-hybridized carbons (Fsp3) is 0.0833. The van der Waals surface area contributed by atoms with E-state index in [9.17, 15) is 10.1 Å². The van der Waals surface area contributed by atoms with Crippen LogP contribution in [-0.4, -0.2) is 17.0 Å². The molecule has 0 amide bonds. The lowest BCUT2D eigenvalue weighted by Crippen LogP contribution is -2.00. The highest BCUT2D eigenvalue weighted by Crippen LogP contribution is 2.31. The summed E-state index contributed by atoms with van der Waals surface area (Å²) >= 11 is 6.51. The van der Waals surface area contributed by atoms with Crippen LogP contribution in [0.25, 0.3) is 0 Å². The molecule has 8 heteroatoms. The number of aromatic nitrogens is 1. The van der Waals surface area contributed by atoms with Crippen LogP contribution >= 0.6 is 31.9 Å². The van der Waals surface area contributed by atoms with Gasteiger partial charge in [-0.1, -0.05) is 15.9 Å². The number of ether oxygens (including phenoxy) is 1. The van der Waals surface area contributed by atoms with Crippen molar-refractivity contribution >= 4 is 49.1 Å². The minimum atomic E-state index is -0.491. The lowest BCUT2D eigenvalue weighted by molar-refractivity contribution is -0.384. The topological polar surface area (TPSA) is 77.3 Å². The molecule has 1 heterocycles. The van der Waals surface area contributed by atoms with E-state index in [2.05, 4.69) is 42.2 Å². The van der Waals surface area contributed by atoms with E-state index in [1.54, 1.807) is 25.3 Å². The van der Waals surface area contributed by atoms with Crippen molar-refractivity contribution in [3.63, 3.8) is 0 Å². The molecule has 6 nitrogen and oxygen atoms in total. The third kappa shape index (κ3) is 3.45. The van der Waals surface area contributed by atoms with Crippen molar-refractivity contribution in [3.8, 4) is 5.75 Å². The molecule has 2 aromatic rings. The van der Waals surface area contributed by atoms with E-state index in [4.69, 9.17) is 4.74 Å². The Morgan fingerprint density at radius 2 is 2.00 bits per heavy atom. The summed E-state index contributed by atoms with van der Waals surface area (Å²) in [5.74, 6) is 0.792. The molecular weight excluding hydrogens is 394 g/mol. The van der Waals surface area contributed by atoms with Crippen LogP contribution in [0.3, 0.4) is 0 Å². The monoisotopic (exact) mass is 401 g/mol. The standard InChI is InChI=1S/C12H9Br2N3O3/c1-20-10-3-7(13)2-9(5-10)16-12-11(17(18)19)4-8(14)6-15-12/h2-6H,1H3,(H,15,16). The first-order valence-corrected chi connectivity index (χ1v) is 6.99.